The molecule has 1 aromatic heterocycles. The molecule has 2 aromatic rings. The van der Waals surface area contributed by atoms with Gasteiger partial charge >= 0.3 is 0 Å². The maximum atomic E-state index is 10.7. The molecule has 1 amide bonds. The van der Waals surface area contributed by atoms with Crippen LogP contribution in [0.3, 0.4) is 0 Å². The molecule has 3 N–H and O–H groups in total. The van der Waals surface area contributed by atoms with Gasteiger partial charge in [0.15, 0.2) is 0 Å². The zero-order chi connectivity index (χ0) is 13.8. The molecule has 1 aromatic carbocycles. The molecule has 0 aliphatic rings. The zero-order valence-corrected chi connectivity index (χ0v) is 12.8. The molecular weight excluding hydrogens is 326 g/mol. The third-order valence-electron chi connectivity index (χ3n) is 2.61. The lowest BCUT2D eigenvalue weighted by Gasteiger charge is -2.08. The minimum Gasteiger partial charge on any atom is -0.369 e. The van der Waals surface area contributed by atoms with Crippen LogP contribution in [0.2, 0.25) is 0 Å². The van der Waals surface area contributed by atoms with E-state index in [2.05, 4.69) is 26.2 Å². The number of thiazole rings is 1. The second-order valence-corrected chi connectivity index (χ2v) is 5.95. The topological polar surface area (TPSA) is 68.0 Å². The Hall–Kier alpha value is -1.24. The normalized spacial score (nSPS) is 12.3. The Morgan fingerprint density at radius 3 is 2.79 bits per heavy atom. The smallest absolute Gasteiger partial charge is 0.231 e. The van der Waals surface area contributed by atoms with Crippen LogP contribution in [0.5, 0.6) is 0 Å². The Labute approximate surface area is 124 Å². The molecule has 0 bridgehead atoms. The highest BCUT2D eigenvalue weighted by atomic mass is 79.9. The van der Waals surface area contributed by atoms with Crippen LogP contribution in [0.25, 0.3) is 11.3 Å². The number of aromatic nitrogens is 1. The number of carbonyl (C=O) groups excluding carboxylic acids is 1. The Bertz CT molecular complexity index is 568. The van der Waals surface area contributed by atoms with E-state index in [1.54, 1.807) is 11.3 Å². The number of rotatable bonds is 5. The van der Waals surface area contributed by atoms with Crippen LogP contribution in [0.4, 0.5) is 0 Å². The summed E-state index contributed by atoms with van der Waals surface area (Å²) in [4.78, 5) is 15.3. The summed E-state index contributed by atoms with van der Waals surface area (Å²) in [5.74, 6) is -0.364. The van der Waals surface area contributed by atoms with E-state index in [1.165, 1.54) is 0 Å². The molecule has 1 atom stereocenters. The van der Waals surface area contributed by atoms with Gasteiger partial charge in [-0.2, -0.15) is 0 Å². The summed E-state index contributed by atoms with van der Waals surface area (Å²) in [6.45, 7) is 2.13. The molecule has 6 heteroatoms. The standard InChI is InChI=1S/C13H14BrN3OS/c1-8(16-6-12(15)18)13-17-11(7-19-13)9-2-4-10(14)5-3-9/h2-5,7-8,16H,6H2,1H3,(H2,15,18). The molecule has 0 aliphatic heterocycles. The van der Waals surface area contributed by atoms with Gasteiger partial charge in [0.2, 0.25) is 5.91 Å². The van der Waals surface area contributed by atoms with Crippen molar-refractivity contribution in [3.63, 3.8) is 0 Å². The van der Waals surface area contributed by atoms with Crippen molar-refractivity contribution in [3.8, 4) is 11.3 Å². The van der Waals surface area contributed by atoms with E-state index in [1.807, 2.05) is 36.6 Å². The number of nitrogens with two attached hydrogens (primary N) is 1. The van der Waals surface area contributed by atoms with Gasteiger partial charge in [0, 0.05) is 15.4 Å². The van der Waals surface area contributed by atoms with Crippen molar-refractivity contribution < 1.29 is 4.79 Å². The maximum Gasteiger partial charge on any atom is 0.231 e. The molecule has 100 valence electrons. The van der Waals surface area contributed by atoms with Gasteiger partial charge in [-0.3, -0.25) is 10.1 Å². The third-order valence-corrected chi connectivity index (χ3v) is 4.17. The van der Waals surface area contributed by atoms with Crippen molar-refractivity contribution in [1.82, 2.24) is 10.3 Å². The zero-order valence-electron chi connectivity index (χ0n) is 10.4. The Morgan fingerprint density at radius 2 is 2.16 bits per heavy atom. The van der Waals surface area contributed by atoms with Gasteiger partial charge in [-0.15, -0.1) is 11.3 Å². The summed E-state index contributed by atoms with van der Waals surface area (Å²) in [7, 11) is 0. The summed E-state index contributed by atoms with van der Waals surface area (Å²) in [5.41, 5.74) is 7.13. The number of carbonyl (C=O) groups is 1. The summed E-state index contributed by atoms with van der Waals surface area (Å²) in [6.07, 6.45) is 0. The molecule has 0 aliphatic carbocycles. The minimum absolute atomic E-state index is 0.0155. The molecule has 4 nitrogen and oxygen atoms in total. The lowest BCUT2D eigenvalue weighted by atomic mass is 10.2. The molecule has 1 heterocycles. The van der Waals surface area contributed by atoms with Crippen LogP contribution in [0, 0.1) is 0 Å². The maximum absolute atomic E-state index is 10.7. The number of benzene rings is 1. The summed E-state index contributed by atoms with van der Waals surface area (Å²) < 4.78 is 1.04. The van der Waals surface area contributed by atoms with Crippen LogP contribution in [0.15, 0.2) is 34.1 Å². The fourth-order valence-electron chi connectivity index (χ4n) is 1.58. The van der Waals surface area contributed by atoms with Crippen LogP contribution in [-0.4, -0.2) is 17.4 Å². The third kappa shape index (κ3) is 3.86. The predicted octanol–water partition coefficient (Wildman–Crippen LogP) is 2.71. The molecule has 2 rings (SSSR count). The van der Waals surface area contributed by atoms with E-state index in [-0.39, 0.29) is 18.5 Å². The number of nitrogens with zero attached hydrogens (tertiary/aromatic N) is 1. The first kappa shape index (κ1) is 14.2. The van der Waals surface area contributed by atoms with Crippen LogP contribution >= 0.6 is 27.3 Å². The number of nitrogens with one attached hydrogen (secondary N) is 1. The first-order valence-electron chi connectivity index (χ1n) is 5.79. The molecule has 1 unspecified atom stereocenters. The summed E-state index contributed by atoms with van der Waals surface area (Å²) >= 11 is 4.98. The molecule has 19 heavy (non-hydrogen) atoms. The largest absolute Gasteiger partial charge is 0.369 e. The second-order valence-electron chi connectivity index (χ2n) is 4.15. The average Bonchev–Trinajstić information content (AvgIpc) is 2.86. The van der Waals surface area contributed by atoms with Crippen LogP contribution in [-0.2, 0) is 4.79 Å². The highest BCUT2D eigenvalue weighted by molar-refractivity contribution is 9.10. The van der Waals surface area contributed by atoms with Crippen LogP contribution in [0.1, 0.15) is 18.0 Å². The number of amides is 1. The highest BCUT2D eigenvalue weighted by Gasteiger charge is 2.11. The number of hydrogen-bond acceptors (Lipinski definition) is 4. The SMILES string of the molecule is CC(NCC(N)=O)c1nc(-c2ccc(Br)cc2)cs1. The van der Waals surface area contributed by atoms with E-state index >= 15 is 0 Å². The highest BCUT2D eigenvalue weighted by Crippen LogP contribution is 2.26. The van der Waals surface area contributed by atoms with Crippen molar-refractivity contribution >= 4 is 33.2 Å². The van der Waals surface area contributed by atoms with Crippen molar-refractivity contribution in [2.45, 2.75) is 13.0 Å². The van der Waals surface area contributed by atoms with E-state index in [9.17, 15) is 4.79 Å². The van der Waals surface area contributed by atoms with Gasteiger partial charge in [-0.05, 0) is 19.1 Å². The van der Waals surface area contributed by atoms with Gasteiger partial charge in [0.1, 0.15) is 5.01 Å². The quantitative estimate of drug-likeness (QED) is 0.879. The Balaban J connectivity index is 2.10. The van der Waals surface area contributed by atoms with Gasteiger partial charge in [0.25, 0.3) is 0 Å². The lowest BCUT2D eigenvalue weighted by Crippen LogP contribution is -2.30. The average molecular weight is 340 g/mol. The van der Waals surface area contributed by atoms with Gasteiger partial charge in [-0.1, -0.05) is 28.1 Å². The van der Waals surface area contributed by atoms with Gasteiger partial charge < -0.3 is 5.73 Å². The van der Waals surface area contributed by atoms with Crippen molar-refractivity contribution in [2.24, 2.45) is 5.73 Å². The Morgan fingerprint density at radius 1 is 1.47 bits per heavy atom. The molecule has 0 fully saturated rings. The molecule has 0 saturated heterocycles. The molecular formula is C13H14BrN3OS. The second kappa shape index (κ2) is 6.27. The van der Waals surface area contributed by atoms with E-state index < -0.39 is 0 Å². The fourth-order valence-corrected chi connectivity index (χ4v) is 2.70. The van der Waals surface area contributed by atoms with Crippen molar-refractivity contribution in [2.75, 3.05) is 6.54 Å². The van der Waals surface area contributed by atoms with Crippen molar-refractivity contribution in [1.29, 1.82) is 0 Å². The molecule has 0 radical (unpaired) electrons. The minimum atomic E-state index is -0.364. The fraction of sp³-hybridized carbons (Fsp3) is 0.231. The van der Waals surface area contributed by atoms with E-state index in [0.29, 0.717) is 0 Å². The van der Waals surface area contributed by atoms with E-state index in [0.717, 1.165) is 20.7 Å². The predicted molar refractivity (Wildman–Crippen MR) is 80.9 cm³/mol. The van der Waals surface area contributed by atoms with Crippen molar-refractivity contribution in [3.05, 3.63) is 39.1 Å². The molecule has 0 spiro atoms. The van der Waals surface area contributed by atoms with Crippen LogP contribution < -0.4 is 11.1 Å². The van der Waals surface area contributed by atoms with E-state index in [4.69, 9.17) is 5.73 Å². The lowest BCUT2D eigenvalue weighted by molar-refractivity contribution is -0.117. The van der Waals surface area contributed by atoms with Gasteiger partial charge in [0.05, 0.1) is 18.3 Å². The first-order chi connectivity index (χ1) is 9.06. The number of halogens is 1. The number of hydrogen-bond donors (Lipinski definition) is 2. The number of primary amides is 1. The first-order valence-corrected chi connectivity index (χ1v) is 7.46. The summed E-state index contributed by atoms with van der Waals surface area (Å²) in [5, 5.41) is 6.00. The Kier molecular flexibility index (Phi) is 4.68. The van der Waals surface area contributed by atoms with Gasteiger partial charge in [-0.25, -0.2) is 4.98 Å². The molecule has 0 saturated carbocycles. The summed E-state index contributed by atoms with van der Waals surface area (Å²) in [6, 6.07) is 8.03. The monoisotopic (exact) mass is 339 g/mol.